The summed E-state index contributed by atoms with van der Waals surface area (Å²) in [6, 6.07) is 5.76. The predicted octanol–water partition coefficient (Wildman–Crippen LogP) is 3.35. The molecule has 0 heterocycles. The van der Waals surface area contributed by atoms with Gasteiger partial charge in [-0.2, -0.15) is 0 Å². The van der Waals surface area contributed by atoms with Crippen LogP contribution in [0.5, 0.6) is 0 Å². The minimum atomic E-state index is -0.152. The van der Waals surface area contributed by atoms with Gasteiger partial charge in [0.25, 0.3) is 0 Å². The molecule has 4 heteroatoms. The fourth-order valence-electron chi connectivity index (χ4n) is 2.80. The van der Waals surface area contributed by atoms with Crippen molar-refractivity contribution in [3.8, 4) is 0 Å². The van der Waals surface area contributed by atoms with Crippen LogP contribution in [0.2, 0.25) is 0 Å². The molecule has 1 aromatic rings. The molecular weight excluding hydrogens is 269 g/mol. The Morgan fingerprint density at radius 3 is 2.67 bits per heavy atom. The lowest BCUT2D eigenvalue weighted by Crippen LogP contribution is -2.35. The van der Waals surface area contributed by atoms with Crippen molar-refractivity contribution in [2.75, 3.05) is 6.61 Å². The molecule has 1 aliphatic carbocycles. The monoisotopic (exact) mass is 293 g/mol. The molecule has 0 saturated heterocycles. The predicted molar refractivity (Wildman–Crippen MR) is 80.4 cm³/mol. The Hall–Kier alpha value is -1.42. The van der Waals surface area contributed by atoms with Crippen molar-refractivity contribution in [3.05, 3.63) is 35.1 Å². The minimum Gasteiger partial charge on any atom is -0.466 e. The number of esters is 1. The number of rotatable bonds is 5. The Morgan fingerprint density at radius 2 is 2.05 bits per heavy atom. The van der Waals surface area contributed by atoms with Gasteiger partial charge in [0.1, 0.15) is 5.82 Å². The minimum absolute atomic E-state index is 0.0554. The summed E-state index contributed by atoms with van der Waals surface area (Å²) in [6.07, 6.45) is 3.69. The molecule has 0 spiro atoms. The smallest absolute Gasteiger partial charge is 0.308 e. The lowest BCUT2D eigenvalue weighted by Gasteiger charge is -2.28. The Kier molecular flexibility index (Phi) is 5.74. The van der Waals surface area contributed by atoms with Gasteiger partial charge in [-0.25, -0.2) is 4.39 Å². The molecule has 0 atom stereocenters. The van der Waals surface area contributed by atoms with Crippen molar-refractivity contribution in [2.24, 2.45) is 5.92 Å². The summed E-state index contributed by atoms with van der Waals surface area (Å²) in [5.41, 5.74) is 1.64. The number of nitrogens with one attached hydrogen (secondary N) is 1. The van der Waals surface area contributed by atoms with E-state index < -0.39 is 0 Å². The number of ether oxygens (including phenoxy) is 1. The number of carbonyl (C=O) groups is 1. The summed E-state index contributed by atoms with van der Waals surface area (Å²) in [4.78, 5) is 11.7. The zero-order chi connectivity index (χ0) is 15.2. The van der Waals surface area contributed by atoms with Gasteiger partial charge in [-0.15, -0.1) is 0 Å². The summed E-state index contributed by atoms with van der Waals surface area (Å²) < 4.78 is 18.5. The van der Waals surface area contributed by atoms with Crippen molar-refractivity contribution < 1.29 is 13.9 Å². The summed E-state index contributed by atoms with van der Waals surface area (Å²) in [6.45, 7) is 4.73. The van der Waals surface area contributed by atoms with Crippen molar-refractivity contribution in [1.82, 2.24) is 5.32 Å². The van der Waals surface area contributed by atoms with E-state index in [1.54, 1.807) is 13.0 Å². The number of halogens is 1. The SMILES string of the molecule is CCOC(=O)C1CCC(NCc2ccc(C)c(F)c2)CC1. The van der Waals surface area contributed by atoms with E-state index in [2.05, 4.69) is 5.32 Å². The lowest BCUT2D eigenvalue weighted by molar-refractivity contribution is -0.149. The van der Waals surface area contributed by atoms with Gasteiger partial charge in [-0.3, -0.25) is 4.79 Å². The summed E-state index contributed by atoms with van der Waals surface area (Å²) in [5.74, 6) is -0.156. The first-order valence-electron chi connectivity index (χ1n) is 7.75. The van der Waals surface area contributed by atoms with Gasteiger partial charge in [0.15, 0.2) is 0 Å². The third kappa shape index (κ3) is 4.53. The van der Waals surface area contributed by atoms with Crippen molar-refractivity contribution in [1.29, 1.82) is 0 Å². The van der Waals surface area contributed by atoms with Crippen LogP contribution in [0.25, 0.3) is 0 Å². The van der Waals surface area contributed by atoms with Crippen LogP contribution in [0.4, 0.5) is 4.39 Å². The van der Waals surface area contributed by atoms with Crippen LogP contribution >= 0.6 is 0 Å². The largest absolute Gasteiger partial charge is 0.466 e. The molecular formula is C17H24FNO2. The maximum Gasteiger partial charge on any atom is 0.308 e. The van der Waals surface area contributed by atoms with Gasteiger partial charge in [0.05, 0.1) is 12.5 Å². The van der Waals surface area contributed by atoms with Gasteiger partial charge in [-0.05, 0) is 56.7 Å². The molecule has 0 amide bonds. The molecule has 1 N–H and O–H groups in total. The molecule has 1 aliphatic rings. The van der Waals surface area contributed by atoms with E-state index in [-0.39, 0.29) is 17.7 Å². The Labute approximate surface area is 125 Å². The molecule has 2 rings (SSSR count). The second-order valence-corrected chi connectivity index (χ2v) is 5.77. The highest BCUT2D eigenvalue weighted by molar-refractivity contribution is 5.72. The van der Waals surface area contributed by atoms with Crippen molar-refractivity contribution in [2.45, 2.75) is 52.1 Å². The maximum absolute atomic E-state index is 13.5. The van der Waals surface area contributed by atoms with Crippen LogP contribution in [0.3, 0.4) is 0 Å². The van der Waals surface area contributed by atoms with E-state index in [1.165, 1.54) is 0 Å². The molecule has 3 nitrogen and oxygen atoms in total. The van der Waals surface area contributed by atoms with Crippen LogP contribution in [-0.2, 0) is 16.1 Å². The quantitative estimate of drug-likeness (QED) is 0.846. The normalized spacial score (nSPS) is 22.0. The highest BCUT2D eigenvalue weighted by Crippen LogP contribution is 2.25. The van der Waals surface area contributed by atoms with Crippen molar-refractivity contribution in [3.63, 3.8) is 0 Å². The summed E-state index contributed by atoms with van der Waals surface area (Å²) >= 11 is 0. The Balaban J connectivity index is 1.76. The summed E-state index contributed by atoms with van der Waals surface area (Å²) in [7, 11) is 0. The third-order valence-corrected chi connectivity index (χ3v) is 4.18. The van der Waals surface area contributed by atoms with E-state index in [1.807, 2.05) is 19.1 Å². The van der Waals surface area contributed by atoms with Crippen LogP contribution in [0.15, 0.2) is 18.2 Å². The first-order valence-corrected chi connectivity index (χ1v) is 7.75. The zero-order valence-electron chi connectivity index (χ0n) is 12.8. The fourth-order valence-corrected chi connectivity index (χ4v) is 2.80. The molecule has 0 unspecified atom stereocenters. The van der Waals surface area contributed by atoms with Crippen LogP contribution in [-0.4, -0.2) is 18.6 Å². The maximum atomic E-state index is 13.5. The molecule has 0 bridgehead atoms. The van der Waals surface area contributed by atoms with Gasteiger partial charge in [0.2, 0.25) is 0 Å². The summed E-state index contributed by atoms with van der Waals surface area (Å²) in [5, 5.41) is 3.46. The van der Waals surface area contributed by atoms with E-state index in [4.69, 9.17) is 4.74 Å². The van der Waals surface area contributed by atoms with Gasteiger partial charge in [-0.1, -0.05) is 12.1 Å². The zero-order valence-corrected chi connectivity index (χ0v) is 12.8. The third-order valence-electron chi connectivity index (χ3n) is 4.18. The lowest BCUT2D eigenvalue weighted by atomic mass is 9.86. The van der Waals surface area contributed by atoms with E-state index in [0.29, 0.717) is 24.8 Å². The Bertz CT molecular complexity index is 482. The highest BCUT2D eigenvalue weighted by Gasteiger charge is 2.26. The molecule has 0 aliphatic heterocycles. The number of aryl methyl sites for hydroxylation is 1. The highest BCUT2D eigenvalue weighted by atomic mass is 19.1. The number of hydrogen-bond donors (Lipinski definition) is 1. The first-order chi connectivity index (χ1) is 10.1. The molecule has 1 aromatic carbocycles. The molecule has 1 fully saturated rings. The topological polar surface area (TPSA) is 38.3 Å². The molecule has 116 valence electrons. The second kappa shape index (κ2) is 7.55. The molecule has 0 aromatic heterocycles. The van der Waals surface area contributed by atoms with Crippen molar-refractivity contribution >= 4 is 5.97 Å². The van der Waals surface area contributed by atoms with E-state index >= 15 is 0 Å². The van der Waals surface area contributed by atoms with E-state index in [0.717, 1.165) is 31.2 Å². The van der Waals surface area contributed by atoms with Crippen LogP contribution in [0, 0.1) is 18.7 Å². The fraction of sp³-hybridized carbons (Fsp3) is 0.588. The molecule has 0 radical (unpaired) electrons. The average Bonchev–Trinajstić information content (AvgIpc) is 2.49. The van der Waals surface area contributed by atoms with Gasteiger partial charge < -0.3 is 10.1 Å². The van der Waals surface area contributed by atoms with Gasteiger partial charge in [0, 0.05) is 12.6 Å². The first kappa shape index (κ1) is 16.0. The van der Waals surface area contributed by atoms with Gasteiger partial charge >= 0.3 is 5.97 Å². The average molecular weight is 293 g/mol. The van der Waals surface area contributed by atoms with E-state index in [9.17, 15) is 9.18 Å². The number of benzene rings is 1. The Morgan fingerprint density at radius 1 is 1.33 bits per heavy atom. The second-order valence-electron chi connectivity index (χ2n) is 5.77. The molecule has 1 saturated carbocycles. The van der Waals surface area contributed by atoms with Crippen LogP contribution < -0.4 is 5.32 Å². The number of carbonyl (C=O) groups excluding carboxylic acids is 1. The van der Waals surface area contributed by atoms with Crippen LogP contribution in [0.1, 0.15) is 43.7 Å². The number of hydrogen-bond acceptors (Lipinski definition) is 3. The molecule has 21 heavy (non-hydrogen) atoms. The standard InChI is InChI=1S/C17H24FNO2/c1-3-21-17(20)14-6-8-15(9-7-14)19-11-13-5-4-12(2)16(18)10-13/h4-5,10,14-15,19H,3,6-9,11H2,1-2H3.